The highest BCUT2D eigenvalue weighted by atomic mass is 35.5. The van der Waals surface area contributed by atoms with Crippen molar-refractivity contribution in [2.24, 2.45) is 0 Å². The van der Waals surface area contributed by atoms with Gasteiger partial charge in [0.2, 0.25) is 5.82 Å². The monoisotopic (exact) mass is 320 g/mol. The van der Waals surface area contributed by atoms with E-state index in [4.69, 9.17) is 32.5 Å². The Bertz CT molecular complexity index is 770. The summed E-state index contributed by atoms with van der Waals surface area (Å²) in [5.41, 5.74) is 1.47. The molecule has 0 atom stereocenters. The van der Waals surface area contributed by atoms with E-state index < -0.39 is 0 Å². The van der Waals surface area contributed by atoms with Gasteiger partial charge in [0.25, 0.3) is 5.89 Å². The predicted octanol–water partition coefficient (Wildman–Crippen LogP) is 4.72. The molecule has 6 heteroatoms. The van der Waals surface area contributed by atoms with Crippen molar-refractivity contribution < 1.29 is 9.26 Å². The van der Waals surface area contributed by atoms with Gasteiger partial charge in [-0.25, -0.2) is 0 Å². The van der Waals surface area contributed by atoms with E-state index in [2.05, 4.69) is 10.1 Å². The Morgan fingerprint density at radius 1 is 1.00 bits per heavy atom. The van der Waals surface area contributed by atoms with Gasteiger partial charge in [0.05, 0.1) is 12.7 Å². The number of benzene rings is 2. The van der Waals surface area contributed by atoms with Crippen LogP contribution in [0, 0.1) is 0 Å². The summed E-state index contributed by atoms with van der Waals surface area (Å²) < 4.78 is 10.6. The van der Waals surface area contributed by atoms with E-state index in [1.807, 2.05) is 12.1 Å². The van der Waals surface area contributed by atoms with E-state index in [1.54, 1.807) is 37.4 Å². The molecule has 3 aromatic rings. The molecule has 0 aliphatic carbocycles. The summed E-state index contributed by atoms with van der Waals surface area (Å²) in [6.07, 6.45) is 0. The molecule has 0 bridgehead atoms. The zero-order chi connectivity index (χ0) is 14.8. The Morgan fingerprint density at radius 3 is 2.43 bits per heavy atom. The molecule has 106 valence electrons. The molecule has 0 fully saturated rings. The SMILES string of the molecule is COc1ccc(Cl)cc1-c1noc(-c2ccc(Cl)cc2)n1. The van der Waals surface area contributed by atoms with Crippen LogP contribution in [-0.4, -0.2) is 17.3 Å². The summed E-state index contributed by atoms with van der Waals surface area (Å²) >= 11 is 11.9. The maximum absolute atomic E-state index is 6.01. The third kappa shape index (κ3) is 2.86. The molecular formula is C15H10Cl2N2O2. The highest BCUT2D eigenvalue weighted by molar-refractivity contribution is 6.31. The molecule has 21 heavy (non-hydrogen) atoms. The molecule has 0 aliphatic rings. The summed E-state index contributed by atoms with van der Waals surface area (Å²) in [5.74, 6) is 1.45. The van der Waals surface area contributed by atoms with Gasteiger partial charge < -0.3 is 9.26 Å². The second-order valence-electron chi connectivity index (χ2n) is 4.27. The Hall–Kier alpha value is -2.04. The van der Waals surface area contributed by atoms with Crippen LogP contribution >= 0.6 is 23.2 Å². The number of hydrogen-bond donors (Lipinski definition) is 0. The van der Waals surface area contributed by atoms with Crippen molar-refractivity contribution in [3.05, 3.63) is 52.5 Å². The number of ether oxygens (including phenoxy) is 1. The van der Waals surface area contributed by atoms with Crippen LogP contribution in [0.5, 0.6) is 5.75 Å². The lowest BCUT2D eigenvalue weighted by Gasteiger charge is -2.04. The summed E-state index contributed by atoms with van der Waals surface area (Å²) in [6, 6.07) is 12.4. The Labute approximate surface area is 131 Å². The molecule has 0 spiro atoms. The average molecular weight is 321 g/mol. The molecule has 3 rings (SSSR count). The number of aromatic nitrogens is 2. The van der Waals surface area contributed by atoms with Crippen molar-refractivity contribution in [2.45, 2.75) is 0 Å². The van der Waals surface area contributed by atoms with Crippen LogP contribution in [0.1, 0.15) is 0 Å². The summed E-state index contributed by atoms with van der Waals surface area (Å²) in [5, 5.41) is 5.20. The molecule has 0 saturated heterocycles. The number of hydrogen-bond acceptors (Lipinski definition) is 4. The van der Waals surface area contributed by atoms with E-state index in [0.29, 0.717) is 33.1 Å². The van der Waals surface area contributed by atoms with Crippen molar-refractivity contribution in [1.82, 2.24) is 10.1 Å². The van der Waals surface area contributed by atoms with Crippen molar-refractivity contribution in [1.29, 1.82) is 0 Å². The van der Waals surface area contributed by atoms with Gasteiger partial charge >= 0.3 is 0 Å². The van der Waals surface area contributed by atoms with Crippen LogP contribution < -0.4 is 4.74 Å². The minimum atomic E-state index is 0.406. The minimum absolute atomic E-state index is 0.406. The van der Waals surface area contributed by atoms with Crippen LogP contribution in [0.4, 0.5) is 0 Å². The fraction of sp³-hybridized carbons (Fsp3) is 0.0667. The molecule has 0 N–H and O–H groups in total. The number of halogens is 2. The zero-order valence-electron chi connectivity index (χ0n) is 11.0. The fourth-order valence-corrected chi connectivity index (χ4v) is 2.20. The third-order valence-electron chi connectivity index (χ3n) is 2.92. The minimum Gasteiger partial charge on any atom is -0.496 e. The van der Waals surface area contributed by atoms with Gasteiger partial charge in [-0.2, -0.15) is 4.98 Å². The first kappa shape index (κ1) is 13.9. The first-order valence-electron chi connectivity index (χ1n) is 6.11. The van der Waals surface area contributed by atoms with Crippen LogP contribution in [0.3, 0.4) is 0 Å². The first-order valence-corrected chi connectivity index (χ1v) is 6.86. The molecule has 0 unspecified atom stereocenters. The second kappa shape index (κ2) is 5.76. The Balaban J connectivity index is 2.02. The fourth-order valence-electron chi connectivity index (χ4n) is 1.90. The first-order chi connectivity index (χ1) is 10.2. The highest BCUT2D eigenvalue weighted by Gasteiger charge is 2.15. The quantitative estimate of drug-likeness (QED) is 0.700. The van der Waals surface area contributed by atoms with Crippen molar-refractivity contribution in [3.8, 4) is 28.6 Å². The van der Waals surface area contributed by atoms with Gasteiger partial charge in [-0.1, -0.05) is 28.4 Å². The third-order valence-corrected chi connectivity index (χ3v) is 3.41. The van der Waals surface area contributed by atoms with Crippen LogP contribution in [0.2, 0.25) is 10.0 Å². The van der Waals surface area contributed by atoms with E-state index in [9.17, 15) is 0 Å². The van der Waals surface area contributed by atoms with E-state index in [-0.39, 0.29) is 0 Å². The smallest absolute Gasteiger partial charge is 0.258 e. The Morgan fingerprint density at radius 2 is 1.71 bits per heavy atom. The highest BCUT2D eigenvalue weighted by Crippen LogP contribution is 2.32. The average Bonchev–Trinajstić information content (AvgIpc) is 2.97. The molecule has 0 radical (unpaired) electrons. The van der Waals surface area contributed by atoms with Gasteiger partial charge in [-0.05, 0) is 42.5 Å². The zero-order valence-corrected chi connectivity index (χ0v) is 12.5. The van der Waals surface area contributed by atoms with E-state index >= 15 is 0 Å². The summed E-state index contributed by atoms with van der Waals surface area (Å²) in [6.45, 7) is 0. The summed E-state index contributed by atoms with van der Waals surface area (Å²) in [7, 11) is 1.58. The lowest BCUT2D eigenvalue weighted by molar-refractivity contribution is 0.413. The van der Waals surface area contributed by atoms with Crippen LogP contribution in [-0.2, 0) is 0 Å². The van der Waals surface area contributed by atoms with Gasteiger partial charge in [-0.15, -0.1) is 0 Å². The molecule has 4 nitrogen and oxygen atoms in total. The van der Waals surface area contributed by atoms with Gasteiger partial charge in [0.1, 0.15) is 5.75 Å². The van der Waals surface area contributed by atoms with Crippen molar-refractivity contribution >= 4 is 23.2 Å². The largest absolute Gasteiger partial charge is 0.496 e. The maximum Gasteiger partial charge on any atom is 0.258 e. The summed E-state index contributed by atoms with van der Waals surface area (Å²) in [4.78, 5) is 4.37. The lowest BCUT2D eigenvalue weighted by Crippen LogP contribution is -1.89. The normalized spacial score (nSPS) is 10.6. The standard InChI is InChI=1S/C15H10Cl2N2O2/c1-20-13-7-6-11(17)8-12(13)14-18-15(21-19-14)9-2-4-10(16)5-3-9/h2-8H,1H3. The molecule has 0 aliphatic heterocycles. The van der Waals surface area contributed by atoms with Crippen molar-refractivity contribution in [2.75, 3.05) is 7.11 Å². The van der Waals surface area contributed by atoms with Gasteiger partial charge in [-0.3, -0.25) is 0 Å². The lowest BCUT2D eigenvalue weighted by atomic mass is 10.2. The maximum atomic E-state index is 6.01. The number of methoxy groups -OCH3 is 1. The van der Waals surface area contributed by atoms with E-state index in [0.717, 1.165) is 5.56 Å². The molecule has 0 amide bonds. The van der Waals surface area contributed by atoms with Gasteiger partial charge in [0, 0.05) is 15.6 Å². The predicted molar refractivity (Wildman–Crippen MR) is 81.7 cm³/mol. The topological polar surface area (TPSA) is 48.2 Å². The number of nitrogens with zero attached hydrogens (tertiary/aromatic N) is 2. The Kier molecular flexibility index (Phi) is 3.82. The van der Waals surface area contributed by atoms with Crippen LogP contribution in [0.25, 0.3) is 22.8 Å². The molecule has 2 aromatic carbocycles. The number of rotatable bonds is 3. The molecule has 1 heterocycles. The van der Waals surface area contributed by atoms with E-state index in [1.165, 1.54) is 0 Å². The molecule has 1 aromatic heterocycles. The van der Waals surface area contributed by atoms with Crippen molar-refractivity contribution in [3.63, 3.8) is 0 Å². The van der Waals surface area contributed by atoms with Gasteiger partial charge in [0.15, 0.2) is 0 Å². The molecule has 0 saturated carbocycles. The van der Waals surface area contributed by atoms with Crippen LogP contribution in [0.15, 0.2) is 47.0 Å². The second-order valence-corrected chi connectivity index (χ2v) is 5.15. The molecular weight excluding hydrogens is 311 g/mol.